The van der Waals surface area contributed by atoms with E-state index in [1.807, 2.05) is 6.92 Å². The molecule has 0 aliphatic carbocycles. The van der Waals surface area contributed by atoms with Crippen LogP contribution in [0.5, 0.6) is 11.6 Å². The van der Waals surface area contributed by atoms with Gasteiger partial charge in [0.15, 0.2) is 11.6 Å². The Hall–Kier alpha value is -1.69. The van der Waals surface area contributed by atoms with Crippen molar-refractivity contribution in [3.63, 3.8) is 0 Å². The SMILES string of the molecule is Cc1ccc(F)c(Oc2nc[nH]c(=O)c2Br)c1. The topological polar surface area (TPSA) is 55.0 Å². The summed E-state index contributed by atoms with van der Waals surface area (Å²) in [5.74, 6) is -0.452. The Balaban J connectivity index is 2.41. The van der Waals surface area contributed by atoms with Gasteiger partial charge in [-0.05, 0) is 40.5 Å². The largest absolute Gasteiger partial charge is 0.435 e. The third kappa shape index (κ3) is 2.52. The lowest BCUT2D eigenvalue weighted by Gasteiger charge is -2.07. The fourth-order valence-electron chi connectivity index (χ4n) is 1.23. The minimum Gasteiger partial charge on any atom is -0.435 e. The number of ether oxygens (including phenoxy) is 1. The van der Waals surface area contributed by atoms with Crippen LogP contribution in [0.15, 0.2) is 33.8 Å². The van der Waals surface area contributed by atoms with Crippen molar-refractivity contribution in [3.05, 3.63) is 50.7 Å². The number of aromatic amines is 1. The number of hydrogen-bond donors (Lipinski definition) is 1. The van der Waals surface area contributed by atoms with Gasteiger partial charge in [-0.3, -0.25) is 4.79 Å². The van der Waals surface area contributed by atoms with Crippen LogP contribution in [0.25, 0.3) is 0 Å². The van der Waals surface area contributed by atoms with Crippen molar-refractivity contribution < 1.29 is 9.13 Å². The summed E-state index contributed by atoms with van der Waals surface area (Å²) in [7, 11) is 0. The van der Waals surface area contributed by atoms with Gasteiger partial charge in [-0.1, -0.05) is 6.07 Å². The molecule has 2 rings (SSSR count). The van der Waals surface area contributed by atoms with Crippen LogP contribution in [0.4, 0.5) is 4.39 Å². The molecule has 1 aromatic heterocycles. The van der Waals surface area contributed by atoms with E-state index in [0.29, 0.717) is 0 Å². The summed E-state index contributed by atoms with van der Waals surface area (Å²) >= 11 is 3.03. The predicted octanol–water partition coefficient (Wildman–Crippen LogP) is 2.77. The van der Waals surface area contributed by atoms with E-state index in [1.165, 1.54) is 18.5 Å². The quantitative estimate of drug-likeness (QED) is 0.927. The lowest BCUT2D eigenvalue weighted by atomic mass is 10.2. The first kappa shape index (κ1) is 11.8. The van der Waals surface area contributed by atoms with Gasteiger partial charge >= 0.3 is 0 Å². The van der Waals surface area contributed by atoms with Crippen molar-refractivity contribution in [1.82, 2.24) is 9.97 Å². The lowest BCUT2D eigenvalue weighted by Crippen LogP contribution is -2.08. The molecule has 0 saturated heterocycles. The first-order valence-corrected chi connectivity index (χ1v) is 5.54. The number of benzene rings is 1. The summed E-state index contributed by atoms with van der Waals surface area (Å²) in [4.78, 5) is 17.4. The van der Waals surface area contributed by atoms with Crippen molar-refractivity contribution in [3.8, 4) is 11.6 Å². The van der Waals surface area contributed by atoms with Crippen LogP contribution in [-0.2, 0) is 0 Å². The zero-order chi connectivity index (χ0) is 12.4. The molecule has 0 saturated carbocycles. The molecule has 1 heterocycles. The average molecular weight is 299 g/mol. The van der Waals surface area contributed by atoms with Crippen molar-refractivity contribution in [2.24, 2.45) is 0 Å². The molecule has 6 heteroatoms. The second-order valence-corrected chi connectivity index (χ2v) is 4.18. The number of aromatic nitrogens is 2. The number of H-pyrrole nitrogens is 1. The Morgan fingerprint density at radius 1 is 1.47 bits per heavy atom. The van der Waals surface area contributed by atoms with Gasteiger partial charge in [0.1, 0.15) is 4.47 Å². The lowest BCUT2D eigenvalue weighted by molar-refractivity contribution is 0.422. The van der Waals surface area contributed by atoms with E-state index in [9.17, 15) is 9.18 Å². The summed E-state index contributed by atoms with van der Waals surface area (Å²) in [6.07, 6.45) is 1.19. The Labute approximate surface area is 105 Å². The highest BCUT2D eigenvalue weighted by atomic mass is 79.9. The van der Waals surface area contributed by atoms with E-state index in [2.05, 4.69) is 25.9 Å². The zero-order valence-electron chi connectivity index (χ0n) is 8.83. The molecule has 0 spiro atoms. The van der Waals surface area contributed by atoms with Crippen LogP contribution < -0.4 is 10.3 Å². The molecule has 2 aromatic rings. The second-order valence-electron chi connectivity index (χ2n) is 3.39. The number of rotatable bonds is 2. The van der Waals surface area contributed by atoms with Crippen molar-refractivity contribution in [1.29, 1.82) is 0 Å². The maximum absolute atomic E-state index is 13.4. The second kappa shape index (κ2) is 4.67. The smallest absolute Gasteiger partial charge is 0.268 e. The third-order valence-corrected chi connectivity index (χ3v) is 2.76. The van der Waals surface area contributed by atoms with Crippen LogP contribution in [0.2, 0.25) is 0 Å². The first-order valence-electron chi connectivity index (χ1n) is 4.75. The monoisotopic (exact) mass is 298 g/mol. The highest BCUT2D eigenvalue weighted by Gasteiger charge is 2.10. The Bertz CT molecular complexity index is 613. The highest BCUT2D eigenvalue weighted by molar-refractivity contribution is 9.10. The van der Waals surface area contributed by atoms with E-state index in [1.54, 1.807) is 6.07 Å². The van der Waals surface area contributed by atoms with Crippen LogP contribution in [-0.4, -0.2) is 9.97 Å². The number of nitrogens with one attached hydrogen (secondary N) is 1. The standard InChI is InChI=1S/C11H8BrFN2O2/c1-6-2-3-7(13)8(4-6)17-11-9(12)10(16)14-5-15-11/h2-5H,1H3,(H,14,15,16). The van der Waals surface area contributed by atoms with Crippen molar-refractivity contribution in [2.75, 3.05) is 0 Å². The molecule has 0 amide bonds. The number of aryl methyl sites for hydroxylation is 1. The van der Waals surface area contributed by atoms with Gasteiger partial charge in [0.05, 0.1) is 6.33 Å². The molecule has 0 aliphatic heterocycles. The summed E-state index contributed by atoms with van der Waals surface area (Å²) < 4.78 is 18.8. The summed E-state index contributed by atoms with van der Waals surface area (Å²) in [5.41, 5.74) is 0.463. The van der Waals surface area contributed by atoms with Crippen LogP contribution >= 0.6 is 15.9 Å². The molecule has 0 aliphatic rings. The number of hydrogen-bond acceptors (Lipinski definition) is 3. The van der Waals surface area contributed by atoms with Gasteiger partial charge < -0.3 is 9.72 Å². The molecular formula is C11H8BrFN2O2. The Morgan fingerprint density at radius 2 is 2.24 bits per heavy atom. The molecule has 0 unspecified atom stereocenters. The van der Waals surface area contributed by atoms with Crippen LogP contribution in [0.1, 0.15) is 5.56 Å². The van der Waals surface area contributed by atoms with E-state index in [4.69, 9.17) is 4.74 Å². The molecule has 1 N–H and O–H groups in total. The summed E-state index contributed by atoms with van der Waals surface area (Å²) in [6, 6.07) is 4.46. The van der Waals surface area contributed by atoms with Crippen molar-refractivity contribution >= 4 is 15.9 Å². The Kier molecular flexibility index (Phi) is 3.23. The van der Waals surface area contributed by atoms with Gasteiger partial charge in [-0.2, -0.15) is 0 Å². The molecule has 17 heavy (non-hydrogen) atoms. The van der Waals surface area contributed by atoms with Gasteiger partial charge in [0.2, 0.25) is 5.88 Å². The van der Waals surface area contributed by atoms with E-state index in [-0.39, 0.29) is 21.7 Å². The van der Waals surface area contributed by atoms with Crippen molar-refractivity contribution in [2.45, 2.75) is 6.92 Å². The third-order valence-electron chi connectivity index (χ3n) is 2.06. The normalized spacial score (nSPS) is 10.3. The fraction of sp³-hybridized carbons (Fsp3) is 0.0909. The molecule has 0 radical (unpaired) electrons. The van der Waals surface area contributed by atoms with Gasteiger partial charge in [0.25, 0.3) is 5.56 Å². The summed E-state index contributed by atoms with van der Waals surface area (Å²) in [5, 5.41) is 0. The van der Waals surface area contributed by atoms with Gasteiger partial charge in [-0.25, -0.2) is 9.37 Å². The number of nitrogens with zero attached hydrogens (tertiary/aromatic N) is 1. The predicted molar refractivity (Wildman–Crippen MR) is 63.8 cm³/mol. The summed E-state index contributed by atoms with van der Waals surface area (Å²) in [6.45, 7) is 1.81. The first-order chi connectivity index (χ1) is 8.08. The number of halogens is 2. The Morgan fingerprint density at radius 3 is 3.00 bits per heavy atom. The van der Waals surface area contributed by atoms with E-state index >= 15 is 0 Å². The van der Waals surface area contributed by atoms with Crippen LogP contribution in [0, 0.1) is 12.7 Å². The van der Waals surface area contributed by atoms with E-state index < -0.39 is 5.82 Å². The molecule has 0 fully saturated rings. The average Bonchev–Trinajstić information content (AvgIpc) is 2.30. The maximum Gasteiger partial charge on any atom is 0.268 e. The maximum atomic E-state index is 13.4. The molecule has 0 bridgehead atoms. The molecule has 88 valence electrons. The van der Waals surface area contributed by atoms with Gasteiger partial charge in [0, 0.05) is 0 Å². The highest BCUT2D eigenvalue weighted by Crippen LogP contribution is 2.27. The van der Waals surface area contributed by atoms with E-state index in [0.717, 1.165) is 5.56 Å². The van der Waals surface area contributed by atoms with Gasteiger partial charge in [-0.15, -0.1) is 0 Å². The fourth-order valence-corrected chi connectivity index (χ4v) is 1.53. The molecule has 0 atom stereocenters. The van der Waals surface area contributed by atoms with Crippen LogP contribution in [0.3, 0.4) is 0 Å². The minimum atomic E-state index is -0.510. The molecule has 4 nitrogen and oxygen atoms in total. The minimum absolute atomic E-state index is 0.0262. The zero-order valence-corrected chi connectivity index (χ0v) is 10.4. The molecular weight excluding hydrogens is 291 g/mol. The molecule has 1 aromatic carbocycles.